The summed E-state index contributed by atoms with van der Waals surface area (Å²) in [6.45, 7) is 0.753. The molecule has 130 valence electrons. The lowest BCUT2D eigenvalue weighted by molar-refractivity contribution is -0.117. The summed E-state index contributed by atoms with van der Waals surface area (Å²) in [7, 11) is 0. The smallest absolute Gasteiger partial charge is 0.227 e. The SMILES string of the molecule is O=C(CCc1c(Cl)cccc1Cl)Nc1ccc(N2CCCC2=O)cc1. The van der Waals surface area contributed by atoms with Crippen LogP contribution >= 0.6 is 23.2 Å². The molecule has 1 heterocycles. The van der Waals surface area contributed by atoms with Gasteiger partial charge in [-0.2, -0.15) is 0 Å². The van der Waals surface area contributed by atoms with Crippen molar-refractivity contribution in [2.75, 3.05) is 16.8 Å². The molecule has 0 radical (unpaired) electrons. The largest absolute Gasteiger partial charge is 0.326 e. The third-order valence-corrected chi connectivity index (χ3v) is 4.91. The number of amides is 2. The van der Waals surface area contributed by atoms with Crippen LogP contribution in [0.5, 0.6) is 0 Å². The summed E-state index contributed by atoms with van der Waals surface area (Å²) in [5, 5.41) is 3.99. The molecule has 0 unspecified atom stereocenters. The fourth-order valence-corrected chi connectivity index (χ4v) is 3.47. The summed E-state index contributed by atoms with van der Waals surface area (Å²) in [5.74, 6) is 0.0365. The molecule has 1 aliphatic rings. The van der Waals surface area contributed by atoms with E-state index < -0.39 is 0 Å². The molecule has 0 saturated carbocycles. The highest BCUT2D eigenvalue weighted by Gasteiger charge is 2.21. The fraction of sp³-hybridized carbons (Fsp3) is 0.263. The van der Waals surface area contributed by atoms with Gasteiger partial charge in [-0.15, -0.1) is 0 Å². The van der Waals surface area contributed by atoms with Gasteiger partial charge in [0.05, 0.1) is 0 Å². The van der Waals surface area contributed by atoms with Crippen molar-refractivity contribution in [2.45, 2.75) is 25.7 Å². The lowest BCUT2D eigenvalue weighted by atomic mass is 10.1. The molecule has 6 heteroatoms. The van der Waals surface area contributed by atoms with Crippen LogP contribution in [-0.4, -0.2) is 18.4 Å². The third kappa shape index (κ3) is 4.33. The summed E-state index contributed by atoms with van der Waals surface area (Å²) < 4.78 is 0. The maximum absolute atomic E-state index is 12.1. The molecule has 1 saturated heterocycles. The van der Waals surface area contributed by atoms with E-state index in [-0.39, 0.29) is 18.2 Å². The molecule has 4 nitrogen and oxygen atoms in total. The molecule has 0 spiro atoms. The molecule has 0 atom stereocenters. The van der Waals surface area contributed by atoms with Crippen LogP contribution in [0.15, 0.2) is 42.5 Å². The zero-order valence-electron chi connectivity index (χ0n) is 13.6. The first-order valence-corrected chi connectivity index (χ1v) is 8.93. The zero-order chi connectivity index (χ0) is 17.8. The monoisotopic (exact) mass is 376 g/mol. The highest BCUT2D eigenvalue weighted by molar-refractivity contribution is 6.36. The van der Waals surface area contributed by atoms with Crippen molar-refractivity contribution in [3.05, 3.63) is 58.1 Å². The van der Waals surface area contributed by atoms with Crippen molar-refractivity contribution < 1.29 is 9.59 Å². The topological polar surface area (TPSA) is 49.4 Å². The van der Waals surface area contributed by atoms with Gasteiger partial charge in [0.25, 0.3) is 0 Å². The molecule has 0 aromatic heterocycles. The highest BCUT2D eigenvalue weighted by atomic mass is 35.5. The van der Waals surface area contributed by atoms with Gasteiger partial charge in [0, 0.05) is 40.8 Å². The van der Waals surface area contributed by atoms with Crippen LogP contribution in [0.2, 0.25) is 10.0 Å². The lowest BCUT2D eigenvalue weighted by Gasteiger charge is -2.16. The van der Waals surface area contributed by atoms with Gasteiger partial charge >= 0.3 is 0 Å². The van der Waals surface area contributed by atoms with E-state index in [2.05, 4.69) is 5.32 Å². The van der Waals surface area contributed by atoms with Crippen molar-refractivity contribution in [3.63, 3.8) is 0 Å². The highest BCUT2D eigenvalue weighted by Crippen LogP contribution is 2.26. The van der Waals surface area contributed by atoms with Crippen molar-refractivity contribution in [1.29, 1.82) is 0 Å². The Balaban J connectivity index is 1.57. The number of carbonyl (C=O) groups excluding carboxylic acids is 2. The normalized spacial score (nSPS) is 14.0. The first-order chi connectivity index (χ1) is 12.0. The molecule has 0 bridgehead atoms. The van der Waals surface area contributed by atoms with Crippen molar-refractivity contribution in [3.8, 4) is 0 Å². The Bertz CT molecular complexity index is 770. The van der Waals surface area contributed by atoms with Gasteiger partial charge in [0.2, 0.25) is 11.8 Å². The van der Waals surface area contributed by atoms with Crippen LogP contribution in [0.3, 0.4) is 0 Å². The van der Waals surface area contributed by atoms with E-state index in [1.54, 1.807) is 35.2 Å². The summed E-state index contributed by atoms with van der Waals surface area (Å²) in [6.07, 6.45) is 2.26. The molecule has 1 fully saturated rings. The predicted octanol–water partition coefficient (Wildman–Crippen LogP) is 4.69. The van der Waals surface area contributed by atoms with Crippen LogP contribution in [0.4, 0.5) is 11.4 Å². The summed E-state index contributed by atoms with van der Waals surface area (Å²) in [6, 6.07) is 12.6. The molecule has 2 amide bonds. The standard InChI is InChI=1S/C19H18Cl2N2O2/c20-16-3-1-4-17(21)15(16)10-11-18(24)22-13-6-8-14(9-7-13)23-12-2-5-19(23)25/h1,3-4,6-9H,2,5,10-12H2,(H,22,24). The van der Waals surface area contributed by atoms with Gasteiger partial charge in [0.15, 0.2) is 0 Å². The number of hydrogen-bond donors (Lipinski definition) is 1. The second-order valence-electron chi connectivity index (χ2n) is 5.94. The molecule has 25 heavy (non-hydrogen) atoms. The van der Waals surface area contributed by atoms with Crippen molar-refractivity contribution in [2.24, 2.45) is 0 Å². The van der Waals surface area contributed by atoms with Crippen LogP contribution < -0.4 is 10.2 Å². The quantitative estimate of drug-likeness (QED) is 0.822. The average Bonchev–Trinajstić information content (AvgIpc) is 3.01. The van der Waals surface area contributed by atoms with Crippen LogP contribution in [0.25, 0.3) is 0 Å². The Morgan fingerprint density at radius 1 is 1.08 bits per heavy atom. The molecular formula is C19H18Cl2N2O2. The molecule has 2 aromatic rings. The van der Waals surface area contributed by atoms with E-state index in [9.17, 15) is 9.59 Å². The van der Waals surface area contributed by atoms with Gasteiger partial charge in [-0.1, -0.05) is 29.3 Å². The van der Waals surface area contributed by atoms with E-state index in [1.807, 2.05) is 12.1 Å². The van der Waals surface area contributed by atoms with E-state index >= 15 is 0 Å². The van der Waals surface area contributed by atoms with E-state index in [1.165, 1.54) is 0 Å². The molecule has 1 aliphatic heterocycles. The maximum Gasteiger partial charge on any atom is 0.227 e. The summed E-state index contributed by atoms with van der Waals surface area (Å²) in [4.78, 5) is 25.7. The Hall–Kier alpha value is -2.04. The first-order valence-electron chi connectivity index (χ1n) is 8.18. The van der Waals surface area contributed by atoms with E-state index in [0.717, 1.165) is 24.2 Å². The second-order valence-corrected chi connectivity index (χ2v) is 6.76. The van der Waals surface area contributed by atoms with Crippen LogP contribution in [-0.2, 0) is 16.0 Å². The maximum atomic E-state index is 12.1. The molecule has 1 N–H and O–H groups in total. The summed E-state index contributed by atoms with van der Waals surface area (Å²) in [5.41, 5.74) is 2.35. The molecular weight excluding hydrogens is 359 g/mol. The van der Waals surface area contributed by atoms with Gasteiger partial charge in [0.1, 0.15) is 0 Å². The Morgan fingerprint density at radius 3 is 2.36 bits per heavy atom. The van der Waals surface area contributed by atoms with Gasteiger partial charge in [-0.25, -0.2) is 0 Å². The second kappa shape index (κ2) is 7.89. The molecule has 2 aromatic carbocycles. The van der Waals surface area contributed by atoms with E-state index in [4.69, 9.17) is 23.2 Å². The predicted molar refractivity (Wildman–Crippen MR) is 101 cm³/mol. The van der Waals surface area contributed by atoms with Crippen molar-refractivity contribution >= 4 is 46.4 Å². The minimum Gasteiger partial charge on any atom is -0.326 e. The number of rotatable bonds is 5. The fourth-order valence-electron chi connectivity index (χ4n) is 2.88. The van der Waals surface area contributed by atoms with Crippen LogP contribution in [0, 0.1) is 0 Å². The number of hydrogen-bond acceptors (Lipinski definition) is 2. The first kappa shape index (κ1) is 17.8. The van der Waals surface area contributed by atoms with Gasteiger partial charge in [-0.05, 0) is 54.8 Å². The average molecular weight is 377 g/mol. The number of carbonyl (C=O) groups is 2. The molecule has 0 aliphatic carbocycles. The minimum absolute atomic E-state index is 0.110. The zero-order valence-corrected chi connectivity index (χ0v) is 15.1. The Labute approximate surface area is 156 Å². The number of nitrogens with zero attached hydrogens (tertiary/aromatic N) is 1. The minimum atomic E-state index is -0.110. The van der Waals surface area contributed by atoms with Crippen LogP contribution in [0.1, 0.15) is 24.8 Å². The number of benzene rings is 2. The molecule has 3 rings (SSSR count). The Kier molecular flexibility index (Phi) is 5.61. The number of halogens is 2. The van der Waals surface area contributed by atoms with E-state index in [0.29, 0.717) is 28.6 Å². The van der Waals surface area contributed by atoms with Gasteiger partial charge in [-0.3, -0.25) is 9.59 Å². The number of anilines is 2. The van der Waals surface area contributed by atoms with Crippen molar-refractivity contribution in [1.82, 2.24) is 0 Å². The Morgan fingerprint density at radius 2 is 1.76 bits per heavy atom. The number of nitrogens with one attached hydrogen (secondary N) is 1. The summed E-state index contributed by atoms with van der Waals surface area (Å²) >= 11 is 12.2. The third-order valence-electron chi connectivity index (χ3n) is 4.20. The lowest BCUT2D eigenvalue weighted by Crippen LogP contribution is -2.23. The van der Waals surface area contributed by atoms with Gasteiger partial charge < -0.3 is 10.2 Å².